The maximum absolute atomic E-state index is 14.4. The lowest BCUT2D eigenvalue weighted by Crippen LogP contribution is -2.16. The van der Waals surface area contributed by atoms with Gasteiger partial charge in [-0.15, -0.1) is 5.10 Å². The first kappa shape index (κ1) is 13.2. The highest BCUT2D eigenvalue weighted by atomic mass is 19.1. The van der Waals surface area contributed by atoms with Gasteiger partial charge in [0.15, 0.2) is 5.82 Å². The van der Waals surface area contributed by atoms with E-state index in [2.05, 4.69) is 15.5 Å². The SMILES string of the molecule is Cc1nnnn1-c1cc(C(C)(C)C)c(F)cc1C1CC1. The summed E-state index contributed by atoms with van der Waals surface area (Å²) >= 11 is 0. The standard InChI is InChI=1S/C15H19FN4/c1-9-17-18-19-20(9)14-8-12(15(2,3)4)13(16)7-11(14)10-5-6-10/h7-8,10H,5-6H2,1-4H3. The van der Waals surface area contributed by atoms with E-state index in [4.69, 9.17) is 0 Å². The second-order valence-electron chi connectivity index (χ2n) is 6.55. The number of rotatable bonds is 2. The molecule has 0 radical (unpaired) electrons. The van der Waals surface area contributed by atoms with Crippen LogP contribution in [0.25, 0.3) is 5.69 Å². The molecule has 0 amide bonds. The van der Waals surface area contributed by atoms with Crippen molar-refractivity contribution in [2.45, 2.75) is 51.9 Å². The van der Waals surface area contributed by atoms with Gasteiger partial charge in [-0.3, -0.25) is 0 Å². The average molecular weight is 274 g/mol. The topological polar surface area (TPSA) is 43.6 Å². The highest BCUT2D eigenvalue weighted by molar-refractivity contribution is 5.49. The van der Waals surface area contributed by atoms with Crippen LogP contribution in [0.5, 0.6) is 0 Å². The molecule has 1 heterocycles. The maximum atomic E-state index is 14.4. The van der Waals surface area contributed by atoms with Crippen LogP contribution in [-0.2, 0) is 5.41 Å². The Balaban J connectivity index is 2.22. The maximum Gasteiger partial charge on any atom is 0.153 e. The third-order valence-electron chi connectivity index (χ3n) is 3.80. The molecule has 0 saturated heterocycles. The molecule has 0 bridgehead atoms. The van der Waals surface area contributed by atoms with E-state index < -0.39 is 0 Å². The first-order valence-corrected chi connectivity index (χ1v) is 6.97. The summed E-state index contributed by atoms with van der Waals surface area (Å²) in [6.45, 7) is 7.89. The average Bonchev–Trinajstić information content (AvgIpc) is 3.11. The van der Waals surface area contributed by atoms with E-state index in [0.29, 0.717) is 11.5 Å². The molecule has 0 atom stereocenters. The van der Waals surface area contributed by atoms with Crippen molar-refractivity contribution >= 4 is 0 Å². The van der Waals surface area contributed by atoms with Gasteiger partial charge in [-0.05, 0) is 64.8 Å². The molecule has 5 heteroatoms. The fourth-order valence-corrected chi connectivity index (χ4v) is 2.51. The van der Waals surface area contributed by atoms with Crippen LogP contribution in [0.15, 0.2) is 12.1 Å². The van der Waals surface area contributed by atoms with Crippen LogP contribution in [0.2, 0.25) is 0 Å². The van der Waals surface area contributed by atoms with E-state index in [1.807, 2.05) is 33.8 Å². The smallest absolute Gasteiger partial charge is 0.153 e. The molecule has 4 nitrogen and oxygen atoms in total. The van der Waals surface area contributed by atoms with Crippen molar-refractivity contribution in [3.63, 3.8) is 0 Å². The Morgan fingerprint density at radius 2 is 1.95 bits per heavy atom. The molecule has 0 unspecified atom stereocenters. The molecular weight excluding hydrogens is 255 g/mol. The number of hydrogen-bond donors (Lipinski definition) is 0. The molecule has 106 valence electrons. The van der Waals surface area contributed by atoms with Crippen molar-refractivity contribution in [3.05, 3.63) is 34.9 Å². The molecular formula is C15H19FN4. The van der Waals surface area contributed by atoms with Gasteiger partial charge in [0.2, 0.25) is 0 Å². The van der Waals surface area contributed by atoms with Gasteiger partial charge in [-0.2, -0.15) is 4.68 Å². The number of aryl methyl sites for hydroxylation is 1. The lowest BCUT2D eigenvalue weighted by molar-refractivity contribution is 0.520. The summed E-state index contributed by atoms with van der Waals surface area (Å²) in [6, 6.07) is 3.58. The number of halogens is 1. The summed E-state index contributed by atoms with van der Waals surface area (Å²) < 4.78 is 16.1. The number of tetrazole rings is 1. The number of aromatic nitrogens is 4. The highest BCUT2D eigenvalue weighted by Gasteiger charge is 2.30. The molecule has 3 rings (SSSR count). The Bertz CT molecular complexity index is 650. The van der Waals surface area contributed by atoms with Crippen molar-refractivity contribution in [2.75, 3.05) is 0 Å². The van der Waals surface area contributed by atoms with Crippen LogP contribution in [0.1, 0.15) is 56.5 Å². The molecule has 0 N–H and O–H groups in total. The zero-order valence-electron chi connectivity index (χ0n) is 12.3. The van der Waals surface area contributed by atoms with E-state index in [0.717, 1.165) is 29.9 Å². The summed E-state index contributed by atoms with van der Waals surface area (Å²) in [4.78, 5) is 0. The Labute approximate surface area is 118 Å². The van der Waals surface area contributed by atoms with Crippen molar-refractivity contribution in [1.29, 1.82) is 0 Å². The summed E-state index contributed by atoms with van der Waals surface area (Å²) in [5.41, 5.74) is 2.39. The molecule has 1 aliphatic carbocycles. The molecule has 0 aliphatic heterocycles. The quantitative estimate of drug-likeness (QED) is 0.844. The largest absolute Gasteiger partial charge is 0.207 e. The van der Waals surface area contributed by atoms with Gasteiger partial charge in [0, 0.05) is 0 Å². The molecule has 0 spiro atoms. The highest BCUT2D eigenvalue weighted by Crippen LogP contribution is 2.44. The first-order valence-electron chi connectivity index (χ1n) is 6.97. The van der Waals surface area contributed by atoms with Crippen molar-refractivity contribution in [1.82, 2.24) is 20.2 Å². The summed E-state index contributed by atoms with van der Waals surface area (Å²) in [5, 5.41) is 11.7. The first-order chi connectivity index (χ1) is 9.38. The third kappa shape index (κ3) is 2.21. The minimum atomic E-state index is -0.247. The zero-order chi connectivity index (χ0) is 14.5. The van der Waals surface area contributed by atoms with E-state index in [-0.39, 0.29) is 11.2 Å². The van der Waals surface area contributed by atoms with Gasteiger partial charge in [0.05, 0.1) is 5.69 Å². The molecule has 1 aliphatic rings. The van der Waals surface area contributed by atoms with Crippen LogP contribution in [-0.4, -0.2) is 20.2 Å². The van der Waals surface area contributed by atoms with Gasteiger partial charge >= 0.3 is 0 Å². The molecule has 1 aromatic heterocycles. The lowest BCUT2D eigenvalue weighted by atomic mass is 9.85. The van der Waals surface area contributed by atoms with Gasteiger partial charge in [-0.25, -0.2) is 4.39 Å². The van der Waals surface area contributed by atoms with Crippen molar-refractivity contribution < 1.29 is 4.39 Å². The normalized spacial score (nSPS) is 15.7. The Hall–Kier alpha value is -1.78. The Morgan fingerprint density at radius 3 is 2.45 bits per heavy atom. The van der Waals surface area contributed by atoms with Crippen LogP contribution < -0.4 is 0 Å². The second kappa shape index (κ2) is 4.36. The predicted octanol–water partition coefficient (Wildman–Crippen LogP) is 3.28. The van der Waals surface area contributed by atoms with Crippen LogP contribution in [0.3, 0.4) is 0 Å². The lowest BCUT2D eigenvalue weighted by Gasteiger charge is -2.22. The van der Waals surface area contributed by atoms with E-state index in [1.54, 1.807) is 10.7 Å². The van der Waals surface area contributed by atoms with Crippen molar-refractivity contribution in [3.8, 4) is 5.69 Å². The Kier molecular flexibility index (Phi) is 2.88. The fraction of sp³-hybridized carbons (Fsp3) is 0.533. The van der Waals surface area contributed by atoms with Gasteiger partial charge in [0.1, 0.15) is 5.82 Å². The molecule has 1 aromatic carbocycles. The molecule has 20 heavy (non-hydrogen) atoms. The summed E-state index contributed by atoms with van der Waals surface area (Å²) in [5.74, 6) is 1.03. The second-order valence-corrected chi connectivity index (χ2v) is 6.55. The van der Waals surface area contributed by atoms with Crippen molar-refractivity contribution in [2.24, 2.45) is 0 Å². The van der Waals surface area contributed by atoms with Gasteiger partial charge in [-0.1, -0.05) is 20.8 Å². The summed E-state index contributed by atoms with van der Waals surface area (Å²) in [6.07, 6.45) is 2.23. The van der Waals surface area contributed by atoms with E-state index in [9.17, 15) is 4.39 Å². The zero-order valence-corrected chi connectivity index (χ0v) is 12.3. The monoisotopic (exact) mass is 274 g/mol. The van der Waals surface area contributed by atoms with Crippen LogP contribution in [0.4, 0.5) is 4.39 Å². The Morgan fingerprint density at radius 1 is 1.25 bits per heavy atom. The number of nitrogens with zero attached hydrogens (tertiary/aromatic N) is 4. The van der Waals surface area contributed by atoms with Crippen LogP contribution >= 0.6 is 0 Å². The third-order valence-corrected chi connectivity index (χ3v) is 3.80. The number of benzene rings is 1. The number of hydrogen-bond acceptors (Lipinski definition) is 3. The van der Waals surface area contributed by atoms with E-state index in [1.165, 1.54) is 0 Å². The summed E-state index contributed by atoms with van der Waals surface area (Å²) in [7, 11) is 0. The van der Waals surface area contributed by atoms with E-state index >= 15 is 0 Å². The molecule has 1 fully saturated rings. The predicted molar refractivity (Wildman–Crippen MR) is 74.5 cm³/mol. The van der Waals surface area contributed by atoms with Gasteiger partial charge < -0.3 is 0 Å². The van der Waals surface area contributed by atoms with Crippen LogP contribution in [0, 0.1) is 12.7 Å². The molecule has 1 saturated carbocycles. The molecule has 2 aromatic rings. The van der Waals surface area contributed by atoms with Gasteiger partial charge in [0.25, 0.3) is 0 Å². The minimum absolute atomic E-state index is 0.131. The fourth-order valence-electron chi connectivity index (χ4n) is 2.51. The minimum Gasteiger partial charge on any atom is -0.207 e.